The van der Waals surface area contributed by atoms with Gasteiger partial charge in [-0.05, 0) is 50.3 Å². The summed E-state index contributed by atoms with van der Waals surface area (Å²) >= 11 is 0. The van der Waals surface area contributed by atoms with Crippen molar-refractivity contribution in [2.45, 2.75) is 58.4 Å². The molecule has 3 heteroatoms. The molecular formula is C18H28N2O. The Morgan fingerprint density at radius 2 is 2.00 bits per heavy atom. The lowest BCUT2D eigenvalue weighted by atomic mass is 9.96. The normalized spacial score (nSPS) is 13.7. The van der Waals surface area contributed by atoms with E-state index in [4.69, 9.17) is 4.74 Å². The summed E-state index contributed by atoms with van der Waals surface area (Å²) in [4.78, 5) is 0. The quantitative estimate of drug-likeness (QED) is 0.691. The maximum atomic E-state index is 9.20. The Balaban J connectivity index is 2.37. The van der Waals surface area contributed by atoms with Gasteiger partial charge < -0.3 is 4.74 Å². The predicted molar refractivity (Wildman–Crippen MR) is 87.6 cm³/mol. The van der Waals surface area contributed by atoms with Gasteiger partial charge in [0.1, 0.15) is 11.3 Å². The number of rotatable bonds is 9. The molecule has 1 atom stereocenters. The van der Waals surface area contributed by atoms with Crippen molar-refractivity contribution in [3.63, 3.8) is 0 Å². The van der Waals surface area contributed by atoms with E-state index in [0.717, 1.165) is 31.6 Å². The van der Waals surface area contributed by atoms with Gasteiger partial charge in [0.25, 0.3) is 0 Å². The molecular weight excluding hydrogens is 260 g/mol. The zero-order valence-corrected chi connectivity index (χ0v) is 13.8. The van der Waals surface area contributed by atoms with E-state index in [-0.39, 0.29) is 0 Å². The molecule has 0 bridgehead atoms. The highest BCUT2D eigenvalue weighted by Crippen LogP contribution is 2.26. The third kappa shape index (κ3) is 5.77. The summed E-state index contributed by atoms with van der Waals surface area (Å²) in [6.45, 7) is 9.88. The van der Waals surface area contributed by atoms with Gasteiger partial charge in [-0.25, -0.2) is 0 Å². The maximum absolute atomic E-state index is 9.20. The van der Waals surface area contributed by atoms with E-state index in [1.165, 1.54) is 5.56 Å². The SMILES string of the molecule is CCNC(C)(C#N)CCCCOc1ccccc1C(C)C. The minimum atomic E-state index is -0.412. The summed E-state index contributed by atoms with van der Waals surface area (Å²) in [5.41, 5.74) is 0.844. The first-order valence-electron chi connectivity index (χ1n) is 7.90. The highest BCUT2D eigenvalue weighted by molar-refractivity contribution is 5.35. The summed E-state index contributed by atoms with van der Waals surface area (Å²) in [5.74, 6) is 1.46. The molecule has 0 heterocycles. The Labute approximate surface area is 129 Å². The molecule has 21 heavy (non-hydrogen) atoms. The first kappa shape index (κ1) is 17.5. The van der Waals surface area contributed by atoms with Crippen molar-refractivity contribution in [3.8, 4) is 11.8 Å². The fraction of sp³-hybridized carbons (Fsp3) is 0.611. The van der Waals surface area contributed by atoms with Crippen LogP contribution in [0.2, 0.25) is 0 Å². The van der Waals surface area contributed by atoms with E-state index >= 15 is 0 Å². The van der Waals surface area contributed by atoms with Crippen LogP contribution in [0.1, 0.15) is 58.4 Å². The molecule has 3 nitrogen and oxygen atoms in total. The van der Waals surface area contributed by atoms with E-state index < -0.39 is 5.54 Å². The second-order valence-electron chi connectivity index (χ2n) is 5.97. The molecule has 0 radical (unpaired) electrons. The van der Waals surface area contributed by atoms with E-state index in [9.17, 15) is 5.26 Å². The monoisotopic (exact) mass is 288 g/mol. The van der Waals surface area contributed by atoms with Gasteiger partial charge in [-0.2, -0.15) is 5.26 Å². The molecule has 0 amide bonds. The molecule has 0 aromatic heterocycles. The Morgan fingerprint density at radius 1 is 1.29 bits per heavy atom. The Bertz CT molecular complexity index is 465. The van der Waals surface area contributed by atoms with Crippen molar-refractivity contribution in [1.29, 1.82) is 5.26 Å². The number of benzene rings is 1. The minimum absolute atomic E-state index is 0.412. The number of para-hydroxylation sites is 1. The molecule has 1 aromatic rings. The second kappa shape index (κ2) is 8.69. The summed E-state index contributed by atoms with van der Waals surface area (Å²) in [6, 6.07) is 10.6. The lowest BCUT2D eigenvalue weighted by Crippen LogP contribution is -2.40. The molecule has 116 valence electrons. The minimum Gasteiger partial charge on any atom is -0.493 e. The van der Waals surface area contributed by atoms with Crippen LogP contribution in [0.3, 0.4) is 0 Å². The number of ether oxygens (including phenoxy) is 1. The topological polar surface area (TPSA) is 45.0 Å². The molecule has 0 aliphatic rings. The van der Waals surface area contributed by atoms with Crippen LogP contribution in [-0.2, 0) is 0 Å². The van der Waals surface area contributed by atoms with Crippen molar-refractivity contribution in [3.05, 3.63) is 29.8 Å². The molecule has 0 aliphatic heterocycles. The standard InChI is InChI=1S/C18H28N2O/c1-5-20-18(4,14-19)12-8-9-13-21-17-11-7-6-10-16(17)15(2)3/h6-7,10-11,15,20H,5,8-9,12-13H2,1-4H3. The average molecular weight is 288 g/mol. The first-order valence-corrected chi connectivity index (χ1v) is 7.90. The first-order chi connectivity index (χ1) is 10.0. The number of hydrogen-bond acceptors (Lipinski definition) is 3. The van der Waals surface area contributed by atoms with Gasteiger partial charge >= 0.3 is 0 Å². The molecule has 1 N–H and O–H groups in total. The molecule has 1 rings (SSSR count). The van der Waals surface area contributed by atoms with Gasteiger partial charge in [-0.1, -0.05) is 39.0 Å². The van der Waals surface area contributed by atoms with Crippen molar-refractivity contribution >= 4 is 0 Å². The van der Waals surface area contributed by atoms with Crippen molar-refractivity contribution in [2.24, 2.45) is 0 Å². The molecule has 0 saturated carbocycles. The predicted octanol–water partition coefficient (Wildman–Crippen LogP) is 4.25. The van der Waals surface area contributed by atoms with Crippen LogP contribution >= 0.6 is 0 Å². The van der Waals surface area contributed by atoms with Crippen LogP contribution in [0.4, 0.5) is 0 Å². The number of nitrogens with one attached hydrogen (secondary N) is 1. The Hall–Kier alpha value is -1.53. The number of nitriles is 1. The Morgan fingerprint density at radius 3 is 2.62 bits per heavy atom. The largest absolute Gasteiger partial charge is 0.493 e. The highest BCUT2D eigenvalue weighted by atomic mass is 16.5. The van der Waals surface area contributed by atoms with E-state index in [2.05, 4.69) is 37.4 Å². The van der Waals surface area contributed by atoms with Crippen LogP contribution in [0, 0.1) is 11.3 Å². The van der Waals surface area contributed by atoms with Crippen LogP contribution in [0.15, 0.2) is 24.3 Å². The molecule has 0 saturated heterocycles. The summed E-state index contributed by atoms with van der Waals surface area (Å²) in [5, 5.41) is 12.4. The molecule has 0 spiro atoms. The lowest BCUT2D eigenvalue weighted by molar-refractivity contribution is 0.292. The van der Waals surface area contributed by atoms with Crippen molar-refractivity contribution < 1.29 is 4.74 Å². The van der Waals surface area contributed by atoms with Gasteiger partial charge in [0, 0.05) is 0 Å². The van der Waals surface area contributed by atoms with Gasteiger partial charge in [-0.3, -0.25) is 5.32 Å². The average Bonchev–Trinajstić information content (AvgIpc) is 2.47. The smallest absolute Gasteiger partial charge is 0.122 e. The van der Waals surface area contributed by atoms with Crippen LogP contribution in [0.25, 0.3) is 0 Å². The molecule has 1 aromatic carbocycles. The van der Waals surface area contributed by atoms with Gasteiger partial charge in [0.2, 0.25) is 0 Å². The zero-order valence-electron chi connectivity index (χ0n) is 13.8. The highest BCUT2D eigenvalue weighted by Gasteiger charge is 2.21. The Kier molecular flexibility index (Phi) is 7.25. The van der Waals surface area contributed by atoms with Crippen molar-refractivity contribution in [2.75, 3.05) is 13.2 Å². The number of nitrogens with zero attached hydrogens (tertiary/aromatic N) is 1. The van der Waals surface area contributed by atoms with Crippen LogP contribution < -0.4 is 10.1 Å². The summed E-state index contributed by atoms with van der Waals surface area (Å²) in [7, 11) is 0. The van der Waals surface area contributed by atoms with Gasteiger partial charge in [-0.15, -0.1) is 0 Å². The van der Waals surface area contributed by atoms with Crippen LogP contribution in [-0.4, -0.2) is 18.7 Å². The number of unbranched alkanes of at least 4 members (excludes halogenated alkanes) is 1. The van der Waals surface area contributed by atoms with E-state index in [1.807, 2.05) is 26.0 Å². The fourth-order valence-corrected chi connectivity index (χ4v) is 2.43. The zero-order chi connectivity index (χ0) is 15.7. The van der Waals surface area contributed by atoms with Crippen LogP contribution in [0.5, 0.6) is 5.75 Å². The maximum Gasteiger partial charge on any atom is 0.122 e. The van der Waals surface area contributed by atoms with Gasteiger partial charge in [0.05, 0.1) is 12.7 Å². The van der Waals surface area contributed by atoms with Gasteiger partial charge in [0.15, 0.2) is 0 Å². The third-order valence-electron chi connectivity index (χ3n) is 3.68. The van der Waals surface area contributed by atoms with E-state index in [1.54, 1.807) is 0 Å². The third-order valence-corrected chi connectivity index (χ3v) is 3.68. The lowest BCUT2D eigenvalue weighted by Gasteiger charge is -2.22. The molecule has 1 unspecified atom stereocenters. The number of hydrogen-bond donors (Lipinski definition) is 1. The second-order valence-corrected chi connectivity index (χ2v) is 5.97. The molecule has 0 aliphatic carbocycles. The summed E-state index contributed by atoms with van der Waals surface area (Å²) < 4.78 is 5.90. The summed E-state index contributed by atoms with van der Waals surface area (Å²) in [6.07, 6.45) is 2.81. The fourth-order valence-electron chi connectivity index (χ4n) is 2.43. The molecule has 0 fully saturated rings. The van der Waals surface area contributed by atoms with E-state index in [0.29, 0.717) is 12.5 Å². The van der Waals surface area contributed by atoms with Crippen molar-refractivity contribution in [1.82, 2.24) is 5.32 Å².